The Bertz CT molecular complexity index is 277. The molecule has 0 N–H and O–H groups in total. The van der Waals surface area contributed by atoms with Crippen LogP contribution in [0.2, 0.25) is 0 Å². The zero-order valence-electron chi connectivity index (χ0n) is 10.6. The minimum atomic E-state index is -0.105. The summed E-state index contributed by atoms with van der Waals surface area (Å²) < 4.78 is 5.59. The molecular weight excluding hydrogens is 282 g/mol. The van der Waals surface area contributed by atoms with Crippen LogP contribution in [0.1, 0.15) is 39.0 Å². The van der Waals surface area contributed by atoms with Crippen molar-refractivity contribution < 1.29 is 9.53 Å². The Morgan fingerprint density at radius 1 is 1.41 bits per heavy atom. The normalized spacial score (nSPS) is 29.1. The third-order valence-electron chi connectivity index (χ3n) is 4.07. The lowest BCUT2D eigenvalue weighted by Gasteiger charge is -2.40. The van der Waals surface area contributed by atoms with Crippen LogP contribution in [0.4, 0.5) is 0 Å². The van der Waals surface area contributed by atoms with E-state index in [4.69, 9.17) is 4.74 Å². The van der Waals surface area contributed by atoms with Crippen molar-refractivity contribution in [2.75, 3.05) is 25.0 Å². The molecule has 17 heavy (non-hydrogen) atoms. The van der Waals surface area contributed by atoms with Gasteiger partial charge in [-0.05, 0) is 12.8 Å². The molecule has 1 aliphatic heterocycles. The number of carbonyl (C=O) groups is 1. The van der Waals surface area contributed by atoms with Crippen molar-refractivity contribution >= 4 is 21.8 Å². The predicted octanol–water partition coefficient (Wildman–Crippen LogP) is 2.58. The molecule has 4 heteroatoms. The van der Waals surface area contributed by atoms with Crippen molar-refractivity contribution in [3.05, 3.63) is 0 Å². The number of carbonyl (C=O) groups excluding carboxylic acids is 1. The number of rotatable bonds is 2. The summed E-state index contributed by atoms with van der Waals surface area (Å²) in [6.45, 7) is 4.34. The van der Waals surface area contributed by atoms with Crippen molar-refractivity contribution in [3.8, 4) is 0 Å². The van der Waals surface area contributed by atoms with Crippen LogP contribution in [0.15, 0.2) is 0 Å². The van der Waals surface area contributed by atoms with Gasteiger partial charge in [-0.2, -0.15) is 0 Å². The molecule has 1 unspecified atom stereocenters. The Morgan fingerprint density at radius 2 is 2.12 bits per heavy atom. The number of nitrogens with zero attached hydrogens (tertiary/aromatic N) is 1. The van der Waals surface area contributed by atoms with Crippen LogP contribution in [0.3, 0.4) is 0 Å². The average molecular weight is 304 g/mol. The second-order valence-corrected chi connectivity index (χ2v) is 6.17. The third kappa shape index (κ3) is 3.02. The first-order chi connectivity index (χ1) is 8.15. The molecule has 0 bridgehead atoms. The lowest BCUT2D eigenvalue weighted by molar-refractivity contribution is -0.149. The fourth-order valence-electron chi connectivity index (χ4n) is 2.92. The van der Waals surface area contributed by atoms with E-state index in [0.29, 0.717) is 12.5 Å². The number of ether oxygens (including phenoxy) is 1. The van der Waals surface area contributed by atoms with Gasteiger partial charge in [0.25, 0.3) is 0 Å². The van der Waals surface area contributed by atoms with E-state index in [1.807, 2.05) is 4.90 Å². The topological polar surface area (TPSA) is 29.5 Å². The number of morpholine rings is 1. The van der Waals surface area contributed by atoms with E-state index in [1.165, 1.54) is 19.3 Å². The zero-order valence-corrected chi connectivity index (χ0v) is 12.2. The van der Waals surface area contributed by atoms with Gasteiger partial charge in [0.05, 0.1) is 12.7 Å². The Hall–Kier alpha value is -0.0900. The summed E-state index contributed by atoms with van der Waals surface area (Å²) in [6, 6.07) is 0. The SMILES string of the molecule is CC1(C(=O)N2CCOC(CBr)C2)CCCCC1. The highest BCUT2D eigenvalue weighted by Crippen LogP contribution is 2.37. The Balaban J connectivity index is 1.98. The standard InChI is InChI=1S/C13H22BrNO2/c1-13(5-3-2-4-6-13)12(16)15-7-8-17-11(9-14)10-15/h11H,2-10H2,1H3. The Kier molecular flexibility index (Phi) is 4.47. The predicted molar refractivity (Wildman–Crippen MR) is 71.3 cm³/mol. The largest absolute Gasteiger partial charge is 0.374 e. The van der Waals surface area contributed by atoms with Crippen LogP contribution in [-0.2, 0) is 9.53 Å². The first-order valence-corrected chi connectivity index (χ1v) is 7.75. The molecular formula is C13H22BrNO2. The molecule has 1 saturated carbocycles. The van der Waals surface area contributed by atoms with Gasteiger partial charge in [-0.25, -0.2) is 0 Å². The van der Waals surface area contributed by atoms with Crippen LogP contribution in [0.25, 0.3) is 0 Å². The quantitative estimate of drug-likeness (QED) is 0.734. The number of amides is 1. The molecule has 98 valence electrons. The lowest BCUT2D eigenvalue weighted by atomic mass is 9.74. The van der Waals surface area contributed by atoms with Crippen LogP contribution in [0.5, 0.6) is 0 Å². The maximum Gasteiger partial charge on any atom is 0.228 e. The van der Waals surface area contributed by atoms with Gasteiger partial charge in [-0.15, -0.1) is 0 Å². The summed E-state index contributed by atoms with van der Waals surface area (Å²) in [4.78, 5) is 14.6. The van der Waals surface area contributed by atoms with Gasteiger partial charge in [0.1, 0.15) is 0 Å². The summed E-state index contributed by atoms with van der Waals surface area (Å²) in [5, 5.41) is 0.813. The van der Waals surface area contributed by atoms with Crippen LogP contribution in [-0.4, -0.2) is 41.9 Å². The van der Waals surface area contributed by atoms with E-state index >= 15 is 0 Å². The molecule has 1 saturated heterocycles. The fourth-order valence-corrected chi connectivity index (χ4v) is 3.32. The highest BCUT2D eigenvalue weighted by molar-refractivity contribution is 9.09. The van der Waals surface area contributed by atoms with Crippen molar-refractivity contribution in [1.82, 2.24) is 4.90 Å². The van der Waals surface area contributed by atoms with E-state index in [9.17, 15) is 4.79 Å². The fraction of sp³-hybridized carbons (Fsp3) is 0.923. The first kappa shape index (κ1) is 13.3. The summed E-state index contributed by atoms with van der Waals surface area (Å²) in [7, 11) is 0. The van der Waals surface area contributed by atoms with Gasteiger partial charge >= 0.3 is 0 Å². The molecule has 2 aliphatic rings. The summed E-state index contributed by atoms with van der Waals surface area (Å²) in [6.07, 6.45) is 5.98. The number of alkyl halides is 1. The highest BCUT2D eigenvalue weighted by atomic mass is 79.9. The van der Waals surface area contributed by atoms with Gasteiger partial charge in [0.15, 0.2) is 0 Å². The van der Waals surface area contributed by atoms with E-state index in [1.54, 1.807) is 0 Å². The number of halogens is 1. The maximum absolute atomic E-state index is 12.6. The minimum absolute atomic E-state index is 0.105. The maximum atomic E-state index is 12.6. The minimum Gasteiger partial charge on any atom is -0.374 e. The molecule has 0 aromatic rings. The Labute approximate surface area is 112 Å². The van der Waals surface area contributed by atoms with Gasteiger partial charge in [0, 0.05) is 23.8 Å². The van der Waals surface area contributed by atoms with Gasteiger partial charge in [-0.1, -0.05) is 42.1 Å². The monoisotopic (exact) mass is 303 g/mol. The van der Waals surface area contributed by atoms with Gasteiger partial charge < -0.3 is 9.64 Å². The molecule has 1 atom stereocenters. The molecule has 0 spiro atoms. The van der Waals surface area contributed by atoms with Gasteiger partial charge in [-0.3, -0.25) is 4.79 Å². The number of hydrogen-bond donors (Lipinski definition) is 0. The van der Waals surface area contributed by atoms with Crippen LogP contribution in [0, 0.1) is 5.41 Å². The molecule has 2 fully saturated rings. The molecule has 0 aromatic carbocycles. The van der Waals surface area contributed by atoms with E-state index in [2.05, 4.69) is 22.9 Å². The molecule has 3 nitrogen and oxygen atoms in total. The van der Waals surface area contributed by atoms with E-state index < -0.39 is 0 Å². The lowest BCUT2D eigenvalue weighted by Crippen LogP contribution is -2.51. The van der Waals surface area contributed by atoms with Gasteiger partial charge in [0.2, 0.25) is 5.91 Å². The van der Waals surface area contributed by atoms with Crippen molar-refractivity contribution in [3.63, 3.8) is 0 Å². The van der Waals surface area contributed by atoms with E-state index in [-0.39, 0.29) is 11.5 Å². The van der Waals surface area contributed by atoms with Crippen molar-refractivity contribution in [1.29, 1.82) is 0 Å². The van der Waals surface area contributed by atoms with Crippen LogP contribution < -0.4 is 0 Å². The second kappa shape index (κ2) is 5.70. The van der Waals surface area contributed by atoms with E-state index in [0.717, 1.165) is 31.3 Å². The van der Waals surface area contributed by atoms with Crippen molar-refractivity contribution in [2.24, 2.45) is 5.41 Å². The second-order valence-electron chi connectivity index (χ2n) is 5.52. The molecule has 1 heterocycles. The zero-order chi connectivity index (χ0) is 12.3. The first-order valence-electron chi connectivity index (χ1n) is 6.63. The third-order valence-corrected chi connectivity index (χ3v) is 4.79. The highest BCUT2D eigenvalue weighted by Gasteiger charge is 2.38. The Morgan fingerprint density at radius 3 is 2.76 bits per heavy atom. The molecule has 1 aliphatic carbocycles. The molecule has 1 amide bonds. The van der Waals surface area contributed by atoms with Crippen LogP contribution >= 0.6 is 15.9 Å². The average Bonchev–Trinajstić information content (AvgIpc) is 2.39. The van der Waals surface area contributed by atoms with Crippen molar-refractivity contribution in [2.45, 2.75) is 45.1 Å². The molecule has 0 aromatic heterocycles. The summed E-state index contributed by atoms with van der Waals surface area (Å²) in [5.41, 5.74) is -0.105. The number of hydrogen-bond acceptors (Lipinski definition) is 2. The molecule has 0 radical (unpaired) electrons. The summed E-state index contributed by atoms with van der Waals surface area (Å²) >= 11 is 3.43. The smallest absolute Gasteiger partial charge is 0.228 e. The summed E-state index contributed by atoms with van der Waals surface area (Å²) in [5.74, 6) is 0.353. The molecule has 2 rings (SSSR count).